The van der Waals surface area contributed by atoms with Gasteiger partial charge in [0.2, 0.25) is 0 Å². The van der Waals surface area contributed by atoms with Gasteiger partial charge in [-0.15, -0.1) is 0 Å². The second-order valence-electron chi connectivity index (χ2n) is 7.61. The lowest BCUT2D eigenvalue weighted by Crippen LogP contribution is -2.47. The van der Waals surface area contributed by atoms with Crippen LogP contribution in [0.5, 0.6) is 11.5 Å². The van der Waals surface area contributed by atoms with Crippen LogP contribution in [0.3, 0.4) is 0 Å². The Balaban J connectivity index is 0.000000238. The predicted molar refractivity (Wildman–Crippen MR) is 127 cm³/mol. The number of halogens is 1. The summed E-state index contributed by atoms with van der Waals surface area (Å²) in [5.41, 5.74) is 1.99. The van der Waals surface area contributed by atoms with Gasteiger partial charge in [-0.25, -0.2) is 4.79 Å². The van der Waals surface area contributed by atoms with Gasteiger partial charge in [0, 0.05) is 43.1 Å². The van der Waals surface area contributed by atoms with Crippen LogP contribution in [0.15, 0.2) is 83.5 Å². The fourth-order valence-corrected chi connectivity index (χ4v) is 3.64. The quantitative estimate of drug-likeness (QED) is 0.413. The van der Waals surface area contributed by atoms with Gasteiger partial charge >= 0.3 is 6.09 Å². The van der Waals surface area contributed by atoms with Crippen molar-refractivity contribution in [2.75, 3.05) is 26.2 Å². The molecule has 0 spiro atoms. The van der Waals surface area contributed by atoms with E-state index in [0.29, 0.717) is 18.1 Å². The first-order valence-corrected chi connectivity index (χ1v) is 11.0. The SMILES string of the molecule is O=C(O)N1CCN(Cc2cccc(Oc3ccc(Cl)cc3)c2)CC1.c1ccc2oncc2c1. The second-order valence-corrected chi connectivity index (χ2v) is 8.05. The monoisotopic (exact) mass is 465 g/mol. The van der Waals surface area contributed by atoms with E-state index in [1.165, 1.54) is 4.90 Å². The Bertz CT molecular complexity index is 1160. The Labute approximate surface area is 196 Å². The number of piperazine rings is 1. The molecule has 0 atom stereocenters. The number of hydrogen-bond acceptors (Lipinski definition) is 5. The van der Waals surface area contributed by atoms with E-state index in [1.54, 1.807) is 18.3 Å². The van der Waals surface area contributed by atoms with Crippen LogP contribution >= 0.6 is 11.6 Å². The van der Waals surface area contributed by atoms with Crippen LogP contribution in [0.25, 0.3) is 11.0 Å². The van der Waals surface area contributed by atoms with Crippen molar-refractivity contribution < 1.29 is 19.2 Å². The van der Waals surface area contributed by atoms with Crippen LogP contribution in [-0.4, -0.2) is 52.3 Å². The Morgan fingerprint density at radius 3 is 2.45 bits per heavy atom. The van der Waals surface area contributed by atoms with Crippen LogP contribution in [-0.2, 0) is 6.54 Å². The Morgan fingerprint density at radius 1 is 0.970 bits per heavy atom. The molecule has 1 amide bonds. The summed E-state index contributed by atoms with van der Waals surface area (Å²) in [4.78, 5) is 14.6. The maximum absolute atomic E-state index is 10.9. The third kappa shape index (κ3) is 6.47. The van der Waals surface area contributed by atoms with Gasteiger partial charge in [0.25, 0.3) is 0 Å². The molecule has 1 aliphatic rings. The van der Waals surface area contributed by atoms with Crippen LogP contribution in [0, 0.1) is 0 Å². The summed E-state index contributed by atoms with van der Waals surface area (Å²) < 4.78 is 10.7. The Morgan fingerprint density at radius 2 is 1.73 bits per heavy atom. The van der Waals surface area contributed by atoms with Crippen molar-refractivity contribution in [2.24, 2.45) is 0 Å². The van der Waals surface area contributed by atoms with Gasteiger partial charge in [-0.3, -0.25) is 4.90 Å². The summed E-state index contributed by atoms with van der Waals surface area (Å²) >= 11 is 5.88. The van der Waals surface area contributed by atoms with Crippen LogP contribution < -0.4 is 4.74 Å². The summed E-state index contributed by atoms with van der Waals surface area (Å²) in [5, 5.41) is 14.3. The lowest BCUT2D eigenvalue weighted by molar-refractivity contribution is 0.103. The maximum atomic E-state index is 10.9. The normalized spacial score (nSPS) is 13.9. The zero-order chi connectivity index (χ0) is 23.0. The van der Waals surface area contributed by atoms with E-state index in [4.69, 9.17) is 26.0 Å². The molecule has 4 aromatic rings. The topological polar surface area (TPSA) is 79.0 Å². The number of rotatable bonds is 4. The molecule has 2 heterocycles. The average molecular weight is 466 g/mol. The molecule has 8 heteroatoms. The lowest BCUT2D eigenvalue weighted by atomic mass is 10.2. The smallest absolute Gasteiger partial charge is 0.407 e. The fraction of sp³-hybridized carbons (Fsp3) is 0.200. The first kappa shape index (κ1) is 22.6. The molecule has 1 N–H and O–H groups in total. The minimum absolute atomic E-state index is 0.552. The minimum Gasteiger partial charge on any atom is -0.465 e. The predicted octanol–water partition coefficient (Wildman–Crippen LogP) is 5.76. The zero-order valence-corrected chi connectivity index (χ0v) is 18.7. The molecular formula is C25H24ClN3O4. The third-order valence-corrected chi connectivity index (χ3v) is 5.51. The zero-order valence-electron chi connectivity index (χ0n) is 17.9. The highest BCUT2D eigenvalue weighted by atomic mass is 35.5. The van der Waals surface area contributed by atoms with E-state index in [2.05, 4.69) is 16.1 Å². The van der Waals surface area contributed by atoms with Crippen LogP contribution in [0.1, 0.15) is 5.56 Å². The molecule has 1 fully saturated rings. The van der Waals surface area contributed by atoms with Crippen molar-refractivity contribution in [3.05, 3.63) is 89.6 Å². The van der Waals surface area contributed by atoms with Crippen molar-refractivity contribution in [1.29, 1.82) is 0 Å². The highest BCUT2D eigenvalue weighted by Gasteiger charge is 2.20. The van der Waals surface area contributed by atoms with Gasteiger partial charge in [-0.1, -0.05) is 41.0 Å². The number of amides is 1. The van der Waals surface area contributed by atoms with Crippen molar-refractivity contribution >= 4 is 28.7 Å². The number of nitrogens with zero attached hydrogens (tertiary/aromatic N) is 3. The number of benzene rings is 3. The summed E-state index contributed by atoms with van der Waals surface area (Å²) in [5.74, 6) is 1.52. The van der Waals surface area contributed by atoms with Gasteiger partial charge < -0.3 is 19.3 Å². The summed E-state index contributed by atoms with van der Waals surface area (Å²) in [7, 11) is 0. The first-order chi connectivity index (χ1) is 16.1. The standard InChI is InChI=1S/C18H19ClN2O3.C7H5NO/c19-15-4-6-16(7-5-15)24-17-3-1-2-14(12-17)13-20-8-10-21(11-9-20)18(22)23;1-2-4-7-6(3-1)5-8-9-7/h1-7,12H,8-11,13H2,(H,22,23);1-5H. The molecule has 1 aliphatic heterocycles. The number of fused-ring (bicyclic) bond motifs is 1. The minimum atomic E-state index is -0.840. The molecule has 0 bridgehead atoms. The van der Waals surface area contributed by atoms with Gasteiger partial charge in [0.1, 0.15) is 11.5 Å². The number of ether oxygens (including phenoxy) is 1. The summed E-state index contributed by atoms with van der Waals surface area (Å²) in [6, 6.07) is 22.9. The second kappa shape index (κ2) is 10.8. The molecule has 0 saturated carbocycles. The number of para-hydroxylation sites is 1. The van der Waals surface area contributed by atoms with Crippen molar-refractivity contribution in [2.45, 2.75) is 6.54 Å². The molecule has 3 aromatic carbocycles. The molecule has 1 saturated heterocycles. The molecular weight excluding hydrogens is 442 g/mol. The number of aromatic nitrogens is 1. The van der Waals surface area contributed by atoms with Crippen molar-refractivity contribution in [3.8, 4) is 11.5 Å². The highest BCUT2D eigenvalue weighted by molar-refractivity contribution is 6.30. The lowest BCUT2D eigenvalue weighted by Gasteiger charge is -2.33. The number of carbonyl (C=O) groups is 1. The third-order valence-electron chi connectivity index (χ3n) is 5.26. The van der Waals surface area contributed by atoms with Gasteiger partial charge in [-0.2, -0.15) is 0 Å². The average Bonchev–Trinajstić information content (AvgIpc) is 3.31. The molecule has 0 aliphatic carbocycles. The molecule has 5 rings (SSSR count). The Kier molecular flexibility index (Phi) is 7.44. The largest absolute Gasteiger partial charge is 0.465 e. The van der Waals surface area contributed by atoms with Crippen molar-refractivity contribution in [3.63, 3.8) is 0 Å². The van der Waals surface area contributed by atoms with E-state index in [9.17, 15) is 4.79 Å². The van der Waals surface area contributed by atoms with E-state index in [-0.39, 0.29) is 0 Å². The Hall–Kier alpha value is -3.55. The first-order valence-electron chi connectivity index (χ1n) is 10.6. The van der Waals surface area contributed by atoms with E-state index in [0.717, 1.165) is 47.7 Å². The molecule has 1 aromatic heterocycles. The molecule has 0 unspecified atom stereocenters. The molecule has 7 nitrogen and oxygen atoms in total. The summed E-state index contributed by atoms with van der Waals surface area (Å²) in [6.07, 6.45) is 0.864. The molecule has 0 radical (unpaired) electrons. The molecule has 33 heavy (non-hydrogen) atoms. The van der Waals surface area contributed by atoms with Crippen molar-refractivity contribution in [1.82, 2.24) is 15.0 Å². The van der Waals surface area contributed by atoms with Crippen LogP contribution in [0.4, 0.5) is 4.79 Å². The fourth-order valence-electron chi connectivity index (χ4n) is 3.51. The van der Waals surface area contributed by atoms with Gasteiger partial charge in [0.05, 0.1) is 6.20 Å². The van der Waals surface area contributed by atoms with Gasteiger partial charge in [-0.05, 0) is 54.1 Å². The highest BCUT2D eigenvalue weighted by Crippen LogP contribution is 2.24. The number of carboxylic acid groups (broad SMARTS) is 1. The van der Waals surface area contributed by atoms with Crippen LogP contribution in [0.2, 0.25) is 5.02 Å². The van der Waals surface area contributed by atoms with Gasteiger partial charge in [0.15, 0.2) is 5.58 Å². The maximum Gasteiger partial charge on any atom is 0.407 e. The van der Waals surface area contributed by atoms with E-state index in [1.807, 2.05) is 54.6 Å². The molecule has 170 valence electrons. The number of hydrogen-bond donors (Lipinski definition) is 1. The van der Waals surface area contributed by atoms with E-state index >= 15 is 0 Å². The summed E-state index contributed by atoms with van der Waals surface area (Å²) in [6.45, 7) is 3.38. The van der Waals surface area contributed by atoms with E-state index < -0.39 is 6.09 Å².